The first-order chi connectivity index (χ1) is 16.3. The van der Waals surface area contributed by atoms with Crippen LogP contribution in [0.4, 0.5) is 24.7 Å². The lowest BCUT2D eigenvalue weighted by Gasteiger charge is -2.29. The Morgan fingerprint density at radius 1 is 1.09 bits per heavy atom. The number of benzene rings is 1. The van der Waals surface area contributed by atoms with Crippen LogP contribution in [-0.2, 0) is 11.3 Å². The van der Waals surface area contributed by atoms with Gasteiger partial charge in [-0.1, -0.05) is 6.07 Å². The number of carbonyl (C=O) groups is 1. The molecule has 2 aromatic heterocycles. The van der Waals surface area contributed by atoms with Crippen molar-refractivity contribution < 1.29 is 32.5 Å². The molecule has 34 heavy (non-hydrogen) atoms. The SMILES string of the molecule is O=C(Nc1ccc(OC(F)(F)F)cc1)c1cnc(N2CCOCC2)c(-c2ccc(CO)nc2)c1. The van der Waals surface area contributed by atoms with Crippen LogP contribution < -0.4 is 15.0 Å². The maximum absolute atomic E-state index is 12.9. The number of anilines is 2. The highest BCUT2D eigenvalue weighted by Gasteiger charge is 2.31. The summed E-state index contributed by atoms with van der Waals surface area (Å²) in [5, 5.41) is 11.9. The van der Waals surface area contributed by atoms with Crippen LogP contribution in [0.5, 0.6) is 5.75 Å². The van der Waals surface area contributed by atoms with Gasteiger partial charge < -0.3 is 24.8 Å². The number of aliphatic hydroxyl groups excluding tert-OH is 1. The minimum atomic E-state index is -4.79. The molecule has 3 aromatic rings. The third-order valence-corrected chi connectivity index (χ3v) is 5.08. The van der Waals surface area contributed by atoms with Gasteiger partial charge in [0.2, 0.25) is 0 Å². The van der Waals surface area contributed by atoms with Crippen molar-refractivity contribution >= 4 is 17.4 Å². The molecule has 8 nitrogen and oxygen atoms in total. The molecule has 1 aliphatic heterocycles. The second-order valence-corrected chi connectivity index (χ2v) is 7.42. The van der Waals surface area contributed by atoms with Gasteiger partial charge in [0.1, 0.15) is 11.6 Å². The van der Waals surface area contributed by atoms with Crippen molar-refractivity contribution in [2.75, 3.05) is 36.5 Å². The van der Waals surface area contributed by atoms with Gasteiger partial charge in [-0.05, 0) is 36.4 Å². The van der Waals surface area contributed by atoms with Crippen molar-refractivity contribution in [2.45, 2.75) is 13.0 Å². The van der Waals surface area contributed by atoms with E-state index in [0.29, 0.717) is 49.1 Å². The Bertz CT molecular complexity index is 1130. The Labute approximate surface area is 193 Å². The Morgan fingerprint density at radius 3 is 2.44 bits per heavy atom. The van der Waals surface area contributed by atoms with Crippen molar-refractivity contribution in [1.82, 2.24) is 9.97 Å². The van der Waals surface area contributed by atoms with Crippen molar-refractivity contribution in [3.05, 3.63) is 66.1 Å². The molecule has 1 aliphatic rings. The summed E-state index contributed by atoms with van der Waals surface area (Å²) in [6, 6.07) is 10.0. The van der Waals surface area contributed by atoms with Crippen LogP contribution in [0, 0.1) is 0 Å². The van der Waals surface area contributed by atoms with Crippen LogP contribution in [-0.4, -0.2) is 53.6 Å². The first-order valence-electron chi connectivity index (χ1n) is 10.4. The van der Waals surface area contributed by atoms with Crippen molar-refractivity contribution in [3.8, 4) is 16.9 Å². The summed E-state index contributed by atoms with van der Waals surface area (Å²) in [6.07, 6.45) is -1.74. The number of aromatic nitrogens is 2. The van der Waals surface area contributed by atoms with Crippen LogP contribution in [0.25, 0.3) is 11.1 Å². The minimum Gasteiger partial charge on any atom is -0.406 e. The highest BCUT2D eigenvalue weighted by Crippen LogP contribution is 2.31. The largest absolute Gasteiger partial charge is 0.573 e. The van der Waals surface area contributed by atoms with E-state index in [-0.39, 0.29) is 17.9 Å². The Hall–Kier alpha value is -3.70. The summed E-state index contributed by atoms with van der Waals surface area (Å²) < 4.78 is 46.3. The Kier molecular flexibility index (Phi) is 6.94. The number of nitrogens with zero attached hydrogens (tertiary/aromatic N) is 3. The zero-order chi connectivity index (χ0) is 24.1. The van der Waals surface area contributed by atoms with Gasteiger partial charge in [-0.25, -0.2) is 4.98 Å². The number of carbonyl (C=O) groups excluding carboxylic acids is 1. The molecule has 0 spiro atoms. The number of nitrogens with one attached hydrogen (secondary N) is 1. The van der Waals surface area contributed by atoms with E-state index in [1.165, 1.54) is 18.3 Å². The van der Waals surface area contributed by atoms with Crippen LogP contribution in [0.2, 0.25) is 0 Å². The van der Waals surface area contributed by atoms with Gasteiger partial charge in [0, 0.05) is 42.3 Å². The molecular weight excluding hydrogens is 453 g/mol. The molecule has 11 heteroatoms. The maximum Gasteiger partial charge on any atom is 0.573 e. The lowest BCUT2D eigenvalue weighted by molar-refractivity contribution is -0.274. The molecule has 0 bridgehead atoms. The number of hydrogen-bond donors (Lipinski definition) is 2. The predicted octanol–water partition coefficient (Wildman–Crippen LogP) is 3.62. The smallest absolute Gasteiger partial charge is 0.406 e. The number of hydrogen-bond acceptors (Lipinski definition) is 7. The summed E-state index contributed by atoms with van der Waals surface area (Å²) >= 11 is 0. The predicted molar refractivity (Wildman–Crippen MR) is 118 cm³/mol. The average Bonchev–Trinajstić information content (AvgIpc) is 2.84. The summed E-state index contributed by atoms with van der Waals surface area (Å²) in [5.41, 5.74) is 2.47. The first-order valence-corrected chi connectivity index (χ1v) is 10.4. The molecule has 1 saturated heterocycles. The van der Waals surface area contributed by atoms with E-state index in [1.807, 2.05) is 0 Å². The van der Waals surface area contributed by atoms with Gasteiger partial charge >= 0.3 is 6.36 Å². The molecule has 4 rings (SSSR count). The summed E-state index contributed by atoms with van der Waals surface area (Å²) in [6.45, 7) is 2.20. The second kappa shape index (κ2) is 10.1. The normalized spacial score (nSPS) is 14.1. The van der Waals surface area contributed by atoms with Crippen LogP contribution >= 0.6 is 0 Å². The molecule has 0 atom stereocenters. The fraction of sp³-hybridized carbons (Fsp3) is 0.261. The number of ether oxygens (including phenoxy) is 2. The van der Waals surface area contributed by atoms with Crippen LogP contribution in [0.15, 0.2) is 54.9 Å². The van der Waals surface area contributed by atoms with E-state index in [4.69, 9.17) is 4.74 Å². The molecule has 1 amide bonds. The van der Waals surface area contributed by atoms with Gasteiger partial charge in [-0.15, -0.1) is 13.2 Å². The zero-order valence-corrected chi connectivity index (χ0v) is 17.9. The van der Waals surface area contributed by atoms with Gasteiger partial charge in [-0.3, -0.25) is 9.78 Å². The standard InChI is InChI=1S/C23H21F3N4O4/c24-23(25,26)34-19-5-3-17(4-6-19)29-22(32)16-11-20(15-1-2-18(14-31)27-12-15)21(28-13-16)30-7-9-33-10-8-30/h1-6,11-13,31H,7-10,14H2,(H,29,32). The third kappa shape index (κ3) is 5.80. The number of halogens is 3. The highest BCUT2D eigenvalue weighted by molar-refractivity contribution is 6.05. The van der Waals surface area contributed by atoms with Crippen molar-refractivity contribution in [1.29, 1.82) is 0 Å². The molecule has 2 N–H and O–H groups in total. The fourth-order valence-corrected chi connectivity index (χ4v) is 3.44. The molecule has 178 valence electrons. The maximum atomic E-state index is 12.9. The highest BCUT2D eigenvalue weighted by atomic mass is 19.4. The number of amides is 1. The van der Waals surface area contributed by atoms with Crippen molar-refractivity contribution in [3.63, 3.8) is 0 Å². The minimum absolute atomic E-state index is 0.190. The monoisotopic (exact) mass is 474 g/mol. The van der Waals surface area contributed by atoms with E-state index in [1.54, 1.807) is 24.4 Å². The quantitative estimate of drug-likeness (QED) is 0.563. The van der Waals surface area contributed by atoms with Crippen LogP contribution in [0.3, 0.4) is 0 Å². The van der Waals surface area contributed by atoms with E-state index >= 15 is 0 Å². The van der Waals surface area contributed by atoms with E-state index in [2.05, 4.69) is 24.9 Å². The molecule has 0 unspecified atom stereocenters. The Balaban J connectivity index is 1.59. The van der Waals surface area contributed by atoms with Gasteiger partial charge in [0.15, 0.2) is 0 Å². The third-order valence-electron chi connectivity index (χ3n) is 5.08. The number of pyridine rings is 2. The molecule has 0 saturated carbocycles. The summed E-state index contributed by atoms with van der Waals surface area (Å²) in [7, 11) is 0. The van der Waals surface area contributed by atoms with Gasteiger partial charge in [-0.2, -0.15) is 0 Å². The second-order valence-electron chi connectivity index (χ2n) is 7.42. The lowest BCUT2D eigenvalue weighted by atomic mass is 10.0. The molecule has 0 radical (unpaired) electrons. The number of alkyl halides is 3. The molecule has 1 aromatic carbocycles. The van der Waals surface area contributed by atoms with Gasteiger partial charge in [0.25, 0.3) is 5.91 Å². The molecule has 1 fully saturated rings. The zero-order valence-electron chi connectivity index (χ0n) is 17.9. The topological polar surface area (TPSA) is 96.8 Å². The van der Waals surface area contributed by atoms with E-state index in [0.717, 1.165) is 17.7 Å². The van der Waals surface area contributed by atoms with E-state index < -0.39 is 12.3 Å². The van der Waals surface area contributed by atoms with Crippen molar-refractivity contribution in [2.24, 2.45) is 0 Å². The average molecular weight is 474 g/mol. The number of rotatable bonds is 6. The molecule has 3 heterocycles. The number of morpholine rings is 1. The molecular formula is C23H21F3N4O4. The van der Waals surface area contributed by atoms with Crippen LogP contribution in [0.1, 0.15) is 16.1 Å². The summed E-state index contributed by atoms with van der Waals surface area (Å²) in [4.78, 5) is 23.7. The van der Waals surface area contributed by atoms with E-state index in [9.17, 15) is 23.1 Å². The lowest BCUT2D eigenvalue weighted by Crippen LogP contribution is -2.37. The fourth-order valence-electron chi connectivity index (χ4n) is 3.44. The first kappa shape index (κ1) is 23.5. The summed E-state index contributed by atoms with van der Waals surface area (Å²) in [5.74, 6) is -0.193. The number of aliphatic hydroxyl groups is 1. The molecule has 0 aliphatic carbocycles. The van der Waals surface area contributed by atoms with Gasteiger partial charge in [0.05, 0.1) is 31.1 Å². The Morgan fingerprint density at radius 2 is 1.82 bits per heavy atom.